The quantitative estimate of drug-likeness (QED) is 0.295. The van der Waals surface area contributed by atoms with E-state index in [9.17, 15) is 13.2 Å². The molecule has 2 N–H and O–H groups in total. The minimum Gasteiger partial charge on any atom is -0.497 e. The van der Waals surface area contributed by atoms with E-state index in [1.54, 1.807) is 19.2 Å². The molecule has 3 aromatic carbocycles. The Bertz CT molecular complexity index is 1730. The summed E-state index contributed by atoms with van der Waals surface area (Å²) in [7, 11) is -1.06. The monoisotopic (exact) mass is 527 g/mol. The van der Waals surface area contributed by atoms with Crippen LogP contribution in [0.4, 0.5) is 0 Å². The maximum Gasteiger partial charge on any atom is 0.283 e. The van der Waals surface area contributed by atoms with E-state index in [-0.39, 0.29) is 10.6 Å². The number of methoxy groups -OCH3 is 2. The molecule has 0 atom stereocenters. The summed E-state index contributed by atoms with van der Waals surface area (Å²) in [5, 5.41) is 1.00. The minimum atomic E-state index is -4.12. The van der Waals surface area contributed by atoms with Crippen molar-refractivity contribution >= 4 is 26.8 Å². The molecule has 0 saturated carbocycles. The lowest BCUT2D eigenvalue weighted by Gasteiger charge is -2.09. The van der Waals surface area contributed by atoms with E-state index in [0.29, 0.717) is 17.9 Å². The third-order valence-electron chi connectivity index (χ3n) is 6.15. The van der Waals surface area contributed by atoms with Crippen LogP contribution in [0.25, 0.3) is 22.2 Å². The number of rotatable bonds is 8. The van der Waals surface area contributed by atoms with Crippen LogP contribution in [-0.2, 0) is 16.4 Å². The predicted octanol–water partition coefficient (Wildman–Crippen LogP) is 4.96. The van der Waals surface area contributed by atoms with Crippen molar-refractivity contribution < 1.29 is 22.7 Å². The molecule has 8 nitrogen and oxygen atoms in total. The topological polar surface area (TPSA) is 110 Å². The summed E-state index contributed by atoms with van der Waals surface area (Å²) in [4.78, 5) is 20.8. The van der Waals surface area contributed by atoms with Crippen molar-refractivity contribution in [3.8, 4) is 22.8 Å². The number of hydrogen-bond acceptors (Lipinski definition) is 6. The van der Waals surface area contributed by atoms with E-state index in [4.69, 9.17) is 9.47 Å². The van der Waals surface area contributed by atoms with Gasteiger partial charge in [0.2, 0.25) is 0 Å². The first kappa shape index (κ1) is 25.0. The Hall–Kier alpha value is -4.63. The van der Waals surface area contributed by atoms with E-state index in [0.717, 1.165) is 33.5 Å². The zero-order valence-corrected chi connectivity index (χ0v) is 21.6. The lowest BCUT2D eigenvalue weighted by atomic mass is 10.0. The Labute approximate surface area is 220 Å². The highest BCUT2D eigenvalue weighted by Crippen LogP contribution is 2.33. The standard InChI is InChI=1S/C29H25N3O5S/c1-36-21-11-7-12-23(17-21)38(34,35)32-29(33)26-13-6-10-20(30-26)16-25-24-15-14-22(37-2)18-27(24)31-28(25)19-8-4-3-5-9-19/h3-15,17-18,31H,16H2,1-2H3,(H,32,33). The number of carbonyl (C=O) groups excluding carboxylic acids is 1. The molecule has 0 aliphatic heterocycles. The number of hydrogen-bond donors (Lipinski definition) is 2. The molecular weight excluding hydrogens is 502 g/mol. The number of ether oxygens (including phenoxy) is 2. The van der Waals surface area contributed by atoms with Gasteiger partial charge >= 0.3 is 0 Å². The van der Waals surface area contributed by atoms with Gasteiger partial charge < -0.3 is 14.5 Å². The molecule has 2 heterocycles. The molecule has 0 bridgehead atoms. The molecule has 0 unspecified atom stereocenters. The van der Waals surface area contributed by atoms with Crippen molar-refractivity contribution in [3.63, 3.8) is 0 Å². The highest BCUT2D eigenvalue weighted by atomic mass is 32.2. The number of sulfonamides is 1. The summed E-state index contributed by atoms with van der Waals surface area (Å²) in [6.45, 7) is 0. The number of pyridine rings is 1. The van der Waals surface area contributed by atoms with Crippen LogP contribution in [0.5, 0.6) is 11.5 Å². The molecular formula is C29H25N3O5S. The molecule has 5 rings (SSSR count). The van der Waals surface area contributed by atoms with Gasteiger partial charge in [0, 0.05) is 35.2 Å². The van der Waals surface area contributed by atoms with Gasteiger partial charge in [-0.05, 0) is 47.5 Å². The number of benzene rings is 3. The van der Waals surface area contributed by atoms with Crippen LogP contribution in [0, 0.1) is 0 Å². The van der Waals surface area contributed by atoms with Crippen molar-refractivity contribution in [2.75, 3.05) is 14.2 Å². The second kappa shape index (κ2) is 10.4. The average molecular weight is 528 g/mol. The van der Waals surface area contributed by atoms with E-state index < -0.39 is 15.9 Å². The van der Waals surface area contributed by atoms with Crippen LogP contribution in [0.1, 0.15) is 21.7 Å². The molecule has 2 aromatic heterocycles. The first-order valence-electron chi connectivity index (χ1n) is 11.8. The van der Waals surface area contributed by atoms with E-state index in [1.807, 2.05) is 54.6 Å². The molecule has 0 aliphatic rings. The van der Waals surface area contributed by atoms with Gasteiger partial charge in [-0.25, -0.2) is 18.1 Å². The molecule has 5 aromatic rings. The normalized spacial score (nSPS) is 11.3. The molecule has 38 heavy (non-hydrogen) atoms. The van der Waals surface area contributed by atoms with Crippen LogP contribution in [0.3, 0.4) is 0 Å². The van der Waals surface area contributed by atoms with Crippen LogP contribution in [0.2, 0.25) is 0 Å². The second-order valence-electron chi connectivity index (χ2n) is 8.56. The maximum atomic E-state index is 12.9. The van der Waals surface area contributed by atoms with Crippen LogP contribution >= 0.6 is 0 Å². The molecule has 9 heteroatoms. The number of nitrogens with zero attached hydrogens (tertiary/aromatic N) is 1. The second-order valence-corrected chi connectivity index (χ2v) is 10.2. The van der Waals surface area contributed by atoms with Crippen LogP contribution < -0.4 is 14.2 Å². The van der Waals surface area contributed by atoms with Crippen molar-refractivity contribution in [2.24, 2.45) is 0 Å². The predicted molar refractivity (Wildman–Crippen MR) is 145 cm³/mol. The summed E-state index contributed by atoms with van der Waals surface area (Å²) >= 11 is 0. The van der Waals surface area contributed by atoms with Crippen LogP contribution in [-0.4, -0.2) is 38.5 Å². The van der Waals surface area contributed by atoms with E-state index in [2.05, 4.69) is 14.7 Å². The number of H-pyrrole nitrogens is 1. The first-order chi connectivity index (χ1) is 18.4. The van der Waals surface area contributed by atoms with Crippen molar-refractivity contribution in [2.45, 2.75) is 11.3 Å². The Balaban J connectivity index is 1.47. The lowest BCUT2D eigenvalue weighted by molar-refractivity contribution is 0.0976. The maximum absolute atomic E-state index is 12.9. The number of aromatic nitrogens is 2. The highest BCUT2D eigenvalue weighted by Gasteiger charge is 2.21. The molecule has 192 valence electrons. The molecule has 0 fully saturated rings. The fraction of sp³-hybridized carbons (Fsp3) is 0.103. The van der Waals surface area contributed by atoms with Crippen molar-refractivity contribution in [3.05, 3.63) is 108 Å². The minimum absolute atomic E-state index is 0.00302. The van der Waals surface area contributed by atoms with Gasteiger partial charge in [-0.15, -0.1) is 0 Å². The highest BCUT2D eigenvalue weighted by molar-refractivity contribution is 7.90. The Morgan fingerprint density at radius 2 is 1.61 bits per heavy atom. The number of nitrogens with one attached hydrogen (secondary N) is 2. The lowest BCUT2D eigenvalue weighted by Crippen LogP contribution is -2.31. The van der Waals surface area contributed by atoms with Gasteiger partial charge in [-0.2, -0.15) is 0 Å². The zero-order valence-electron chi connectivity index (χ0n) is 20.8. The molecule has 0 saturated heterocycles. The number of amides is 1. The van der Waals surface area contributed by atoms with Gasteiger partial charge in [0.15, 0.2) is 0 Å². The Kier molecular flexibility index (Phi) is 6.85. The first-order valence-corrected chi connectivity index (χ1v) is 13.3. The third kappa shape index (κ3) is 5.09. The van der Waals surface area contributed by atoms with Gasteiger partial charge in [0.25, 0.3) is 15.9 Å². The van der Waals surface area contributed by atoms with Crippen molar-refractivity contribution in [1.29, 1.82) is 0 Å². The van der Waals surface area contributed by atoms with Crippen molar-refractivity contribution in [1.82, 2.24) is 14.7 Å². The van der Waals surface area contributed by atoms with Gasteiger partial charge in [0.1, 0.15) is 17.2 Å². The fourth-order valence-electron chi connectivity index (χ4n) is 4.28. The molecule has 0 aliphatic carbocycles. The fourth-order valence-corrected chi connectivity index (χ4v) is 5.28. The summed E-state index contributed by atoms with van der Waals surface area (Å²) in [5.74, 6) is 0.284. The Morgan fingerprint density at radius 3 is 2.37 bits per heavy atom. The van der Waals surface area contributed by atoms with E-state index >= 15 is 0 Å². The molecule has 1 amide bonds. The Morgan fingerprint density at radius 1 is 0.868 bits per heavy atom. The summed E-state index contributed by atoms with van der Waals surface area (Å²) in [5.41, 5.74) is 4.48. The summed E-state index contributed by atoms with van der Waals surface area (Å²) in [6, 6.07) is 26.6. The van der Waals surface area contributed by atoms with Gasteiger partial charge in [-0.3, -0.25) is 4.79 Å². The number of carbonyl (C=O) groups is 1. The summed E-state index contributed by atoms with van der Waals surface area (Å²) in [6.07, 6.45) is 0.417. The smallest absolute Gasteiger partial charge is 0.283 e. The number of aromatic amines is 1. The van der Waals surface area contributed by atoms with Gasteiger partial charge in [0.05, 0.1) is 24.8 Å². The molecule has 0 spiro atoms. The average Bonchev–Trinajstić information content (AvgIpc) is 3.30. The third-order valence-corrected chi connectivity index (χ3v) is 7.48. The van der Waals surface area contributed by atoms with E-state index in [1.165, 1.54) is 31.4 Å². The zero-order chi connectivity index (χ0) is 26.7. The number of fused-ring (bicyclic) bond motifs is 1. The van der Waals surface area contributed by atoms with Gasteiger partial charge in [-0.1, -0.05) is 42.5 Å². The SMILES string of the molecule is COc1cccc(S(=O)(=O)NC(=O)c2cccc(Cc3c(-c4ccccc4)[nH]c4cc(OC)ccc34)n2)c1. The molecule has 0 radical (unpaired) electrons. The largest absolute Gasteiger partial charge is 0.497 e. The van der Waals surface area contributed by atoms with Crippen LogP contribution in [0.15, 0.2) is 95.9 Å². The summed E-state index contributed by atoms with van der Waals surface area (Å²) < 4.78 is 38.2.